The number of rotatable bonds is 4. The van der Waals surface area contributed by atoms with E-state index in [0.717, 1.165) is 16.7 Å². The van der Waals surface area contributed by atoms with Crippen LogP contribution in [0.3, 0.4) is 0 Å². The number of hydrogen-bond acceptors (Lipinski definition) is 4. The van der Waals surface area contributed by atoms with Crippen molar-refractivity contribution < 1.29 is 14.3 Å². The molecule has 27 heavy (non-hydrogen) atoms. The van der Waals surface area contributed by atoms with E-state index in [9.17, 15) is 9.59 Å². The number of pyridine rings is 1. The Morgan fingerprint density at radius 3 is 2.63 bits per heavy atom. The topological polar surface area (TPSA) is 68.3 Å². The Morgan fingerprint density at radius 1 is 1.04 bits per heavy atom. The first-order valence-electron chi connectivity index (χ1n) is 8.39. The van der Waals surface area contributed by atoms with Crippen LogP contribution in [0, 0.1) is 0 Å². The summed E-state index contributed by atoms with van der Waals surface area (Å²) in [4.78, 5) is 28.7. The van der Waals surface area contributed by atoms with Crippen LogP contribution in [0.1, 0.15) is 26.3 Å². The highest BCUT2D eigenvalue weighted by atomic mass is 35.5. The smallest absolute Gasteiger partial charge is 0.251 e. The van der Waals surface area contributed by atoms with Gasteiger partial charge in [-0.25, -0.2) is 0 Å². The van der Waals surface area contributed by atoms with Gasteiger partial charge in [-0.2, -0.15) is 0 Å². The van der Waals surface area contributed by atoms with Gasteiger partial charge < -0.3 is 10.1 Å². The number of ether oxygens (including phenoxy) is 1. The predicted octanol–water partition coefficient (Wildman–Crippen LogP) is 3.91. The number of benzene rings is 2. The number of Topliss-reactive ketones (excluding diaryl/α,β-unsaturated/α-hetero) is 1. The molecule has 0 unspecified atom stereocenters. The highest BCUT2D eigenvalue weighted by Crippen LogP contribution is 2.37. The second-order valence-corrected chi connectivity index (χ2v) is 6.58. The molecule has 0 spiro atoms. The second kappa shape index (κ2) is 7.21. The molecule has 0 saturated carbocycles. The number of hydrogen-bond donors (Lipinski definition) is 1. The summed E-state index contributed by atoms with van der Waals surface area (Å²) in [6, 6.07) is 13.8. The average molecular weight is 379 g/mol. The van der Waals surface area contributed by atoms with Crippen LogP contribution in [0.25, 0.3) is 11.1 Å². The first-order chi connectivity index (χ1) is 13.1. The highest BCUT2D eigenvalue weighted by Gasteiger charge is 2.19. The maximum Gasteiger partial charge on any atom is 0.251 e. The third-order valence-electron chi connectivity index (χ3n) is 4.40. The van der Waals surface area contributed by atoms with Gasteiger partial charge >= 0.3 is 0 Å². The van der Waals surface area contributed by atoms with E-state index in [-0.39, 0.29) is 18.2 Å². The maximum absolute atomic E-state index is 12.4. The van der Waals surface area contributed by atoms with Crippen molar-refractivity contribution in [3.8, 4) is 16.9 Å². The first-order valence-corrected chi connectivity index (χ1v) is 8.77. The number of ketones is 1. The molecule has 1 aliphatic rings. The van der Waals surface area contributed by atoms with Crippen LogP contribution in [-0.4, -0.2) is 23.2 Å². The fourth-order valence-corrected chi connectivity index (χ4v) is 3.09. The number of carbonyl (C=O) groups is 2. The molecule has 4 rings (SSSR count). The van der Waals surface area contributed by atoms with E-state index >= 15 is 0 Å². The Morgan fingerprint density at radius 2 is 1.81 bits per heavy atom. The van der Waals surface area contributed by atoms with Crippen LogP contribution in [-0.2, 0) is 6.61 Å². The molecule has 0 fully saturated rings. The minimum atomic E-state index is -0.329. The molecule has 0 atom stereocenters. The lowest BCUT2D eigenvalue weighted by Gasteiger charge is -2.20. The van der Waals surface area contributed by atoms with E-state index < -0.39 is 0 Å². The zero-order valence-electron chi connectivity index (χ0n) is 14.2. The number of amides is 1. The minimum absolute atomic E-state index is 0.0904. The minimum Gasteiger partial charge on any atom is -0.488 e. The molecule has 1 aliphatic heterocycles. The average Bonchev–Trinajstić information content (AvgIpc) is 2.71. The van der Waals surface area contributed by atoms with Gasteiger partial charge in [0.25, 0.3) is 5.91 Å². The van der Waals surface area contributed by atoms with Crippen molar-refractivity contribution >= 4 is 23.3 Å². The van der Waals surface area contributed by atoms with Gasteiger partial charge in [-0.15, -0.1) is 0 Å². The maximum atomic E-state index is 12.4. The molecule has 2 aromatic carbocycles. The van der Waals surface area contributed by atoms with Crippen molar-refractivity contribution in [2.75, 3.05) is 6.54 Å². The van der Waals surface area contributed by atoms with Gasteiger partial charge in [0.05, 0.1) is 6.54 Å². The fraction of sp³-hybridized carbons (Fsp3) is 0.0952. The van der Waals surface area contributed by atoms with Crippen molar-refractivity contribution in [2.45, 2.75) is 6.61 Å². The summed E-state index contributed by atoms with van der Waals surface area (Å²) in [5.41, 5.74) is 3.92. The Balaban J connectivity index is 1.47. The first kappa shape index (κ1) is 17.2. The molecule has 5 nitrogen and oxygen atoms in total. The quantitative estimate of drug-likeness (QED) is 0.699. The van der Waals surface area contributed by atoms with Gasteiger partial charge in [0.15, 0.2) is 5.78 Å². The lowest BCUT2D eigenvalue weighted by molar-refractivity contribution is 0.0904. The van der Waals surface area contributed by atoms with E-state index in [1.54, 1.807) is 48.8 Å². The summed E-state index contributed by atoms with van der Waals surface area (Å²) in [5, 5.41) is 3.21. The van der Waals surface area contributed by atoms with Crippen LogP contribution in [0.15, 0.2) is 60.9 Å². The molecule has 3 aromatic rings. The Hall–Kier alpha value is -3.18. The van der Waals surface area contributed by atoms with Crippen molar-refractivity contribution in [3.63, 3.8) is 0 Å². The Labute approximate surface area is 161 Å². The van der Waals surface area contributed by atoms with Crippen molar-refractivity contribution in [3.05, 3.63) is 82.6 Å². The van der Waals surface area contributed by atoms with Gasteiger partial charge in [-0.3, -0.25) is 14.6 Å². The van der Waals surface area contributed by atoms with Crippen molar-refractivity contribution in [1.82, 2.24) is 10.3 Å². The standard InChI is InChI=1S/C21H15ClN2O3/c22-16-4-1-13(2-5-16)19(25)11-24-21(26)14-3-6-18-17-7-8-23-10-15(17)12-27-20(18)9-14/h1-10H,11-12H2,(H,24,26). The summed E-state index contributed by atoms with van der Waals surface area (Å²) in [6.45, 7) is 0.323. The summed E-state index contributed by atoms with van der Waals surface area (Å²) < 4.78 is 5.75. The van der Waals surface area contributed by atoms with Crippen LogP contribution in [0.4, 0.5) is 0 Å². The van der Waals surface area contributed by atoms with Crippen molar-refractivity contribution in [2.24, 2.45) is 0 Å². The van der Waals surface area contributed by atoms with E-state index in [0.29, 0.717) is 28.5 Å². The normalized spacial score (nSPS) is 11.7. The monoisotopic (exact) mass is 378 g/mol. The molecular weight excluding hydrogens is 364 g/mol. The molecule has 0 radical (unpaired) electrons. The summed E-state index contributed by atoms with van der Waals surface area (Å²) in [7, 11) is 0. The molecule has 6 heteroatoms. The van der Waals surface area contributed by atoms with Crippen LogP contribution >= 0.6 is 11.6 Å². The highest BCUT2D eigenvalue weighted by molar-refractivity contribution is 6.30. The Bertz CT molecular complexity index is 1030. The van der Waals surface area contributed by atoms with Gasteiger partial charge in [-0.05, 0) is 54.1 Å². The molecule has 1 amide bonds. The van der Waals surface area contributed by atoms with Crippen molar-refractivity contribution in [1.29, 1.82) is 0 Å². The molecule has 0 bridgehead atoms. The SMILES string of the molecule is O=C(CNC(=O)c1ccc2c(c1)OCc1cnccc1-2)c1ccc(Cl)cc1. The van der Waals surface area contributed by atoms with Gasteiger partial charge in [0.2, 0.25) is 0 Å². The summed E-state index contributed by atoms with van der Waals surface area (Å²) in [6.07, 6.45) is 3.51. The largest absolute Gasteiger partial charge is 0.488 e. The molecule has 134 valence electrons. The second-order valence-electron chi connectivity index (χ2n) is 6.15. The number of halogens is 1. The number of nitrogens with zero attached hydrogens (tertiary/aromatic N) is 1. The molecule has 0 aliphatic carbocycles. The van der Waals surface area contributed by atoms with Gasteiger partial charge in [0.1, 0.15) is 12.4 Å². The van der Waals surface area contributed by atoms with Crippen LogP contribution in [0.2, 0.25) is 5.02 Å². The lowest BCUT2D eigenvalue weighted by atomic mass is 9.97. The lowest BCUT2D eigenvalue weighted by Crippen LogP contribution is -2.29. The molecule has 2 heterocycles. The van der Waals surface area contributed by atoms with E-state index in [1.807, 2.05) is 12.1 Å². The number of fused-ring (bicyclic) bond motifs is 3. The third-order valence-corrected chi connectivity index (χ3v) is 4.65. The zero-order valence-corrected chi connectivity index (χ0v) is 15.0. The molecule has 1 N–H and O–H groups in total. The van der Waals surface area contributed by atoms with E-state index in [4.69, 9.17) is 16.3 Å². The summed E-state index contributed by atoms with van der Waals surface area (Å²) in [5.74, 6) is 0.130. The molecule has 0 saturated heterocycles. The van der Waals surface area contributed by atoms with Gasteiger partial charge in [-0.1, -0.05) is 11.6 Å². The van der Waals surface area contributed by atoms with E-state index in [1.165, 1.54) is 0 Å². The number of nitrogens with one attached hydrogen (secondary N) is 1. The number of carbonyl (C=O) groups excluding carboxylic acids is 2. The summed E-state index contributed by atoms with van der Waals surface area (Å²) >= 11 is 5.82. The molecule has 1 aromatic heterocycles. The fourth-order valence-electron chi connectivity index (χ4n) is 2.97. The van der Waals surface area contributed by atoms with Crippen LogP contribution < -0.4 is 10.1 Å². The van der Waals surface area contributed by atoms with Gasteiger partial charge in [0, 0.05) is 39.7 Å². The predicted molar refractivity (Wildman–Crippen MR) is 102 cm³/mol. The van der Waals surface area contributed by atoms with E-state index in [2.05, 4.69) is 10.3 Å². The van der Waals surface area contributed by atoms with Crippen LogP contribution in [0.5, 0.6) is 5.75 Å². The molecular formula is C21H15ClN2O3. The zero-order chi connectivity index (χ0) is 18.8. The third kappa shape index (κ3) is 3.55. The number of aromatic nitrogens is 1. The Kier molecular flexibility index (Phi) is 4.60.